The molecule has 3 amide bonds. The zero-order chi connectivity index (χ0) is 19.1. The quantitative estimate of drug-likeness (QED) is 0.804. The highest BCUT2D eigenvalue weighted by Gasteiger charge is 2.23. The van der Waals surface area contributed by atoms with Crippen LogP contribution < -0.4 is 10.6 Å². The number of rotatable bonds is 6. The lowest BCUT2D eigenvalue weighted by Crippen LogP contribution is -2.41. The highest BCUT2D eigenvalue weighted by Crippen LogP contribution is 2.22. The van der Waals surface area contributed by atoms with Gasteiger partial charge in [0.2, 0.25) is 5.91 Å². The summed E-state index contributed by atoms with van der Waals surface area (Å²) in [7, 11) is 0. The molecule has 2 rings (SSSR count). The molecule has 1 aromatic rings. The predicted octanol–water partition coefficient (Wildman–Crippen LogP) is 3.76. The lowest BCUT2D eigenvalue weighted by atomic mass is 9.93. The minimum Gasteiger partial charge on any atom is -0.356 e. The Morgan fingerprint density at radius 1 is 1.23 bits per heavy atom. The van der Waals surface area contributed by atoms with E-state index in [2.05, 4.69) is 10.6 Å². The number of hydrogen-bond donors (Lipinski definition) is 2. The van der Waals surface area contributed by atoms with Gasteiger partial charge >= 0.3 is 6.03 Å². The van der Waals surface area contributed by atoms with Crippen molar-refractivity contribution in [1.29, 1.82) is 0 Å². The van der Waals surface area contributed by atoms with Gasteiger partial charge in [-0.15, -0.1) is 0 Å². The number of hydrogen-bond acceptors (Lipinski definition) is 2. The molecule has 1 saturated heterocycles. The molecule has 0 unspecified atom stereocenters. The van der Waals surface area contributed by atoms with Crippen LogP contribution in [0.15, 0.2) is 18.2 Å². The number of benzene rings is 1. The van der Waals surface area contributed by atoms with E-state index in [4.69, 9.17) is 0 Å². The molecule has 26 heavy (non-hydrogen) atoms. The Balaban J connectivity index is 1.71. The molecule has 144 valence electrons. The maximum Gasteiger partial charge on any atom is 0.321 e. The number of piperidine rings is 1. The van der Waals surface area contributed by atoms with Crippen LogP contribution in [0.4, 0.5) is 19.3 Å². The van der Waals surface area contributed by atoms with E-state index in [9.17, 15) is 18.4 Å². The summed E-state index contributed by atoms with van der Waals surface area (Å²) in [5.74, 6) is -0.385. The van der Waals surface area contributed by atoms with Gasteiger partial charge in [-0.25, -0.2) is 13.6 Å². The fraction of sp³-hybridized carbons (Fsp3) is 0.579. The largest absolute Gasteiger partial charge is 0.356 e. The van der Waals surface area contributed by atoms with Gasteiger partial charge in [-0.1, -0.05) is 13.8 Å². The van der Waals surface area contributed by atoms with Gasteiger partial charge in [0.1, 0.15) is 11.6 Å². The van der Waals surface area contributed by atoms with Crippen molar-refractivity contribution in [3.8, 4) is 0 Å². The van der Waals surface area contributed by atoms with Crippen molar-refractivity contribution < 1.29 is 18.4 Å². The Kier molecular flexibility index (Phi) is 7.36. The van der Waals surface area contributed by atoms with Crippen LogP contribution in [0.25, 0.3) is 0 Å². The minimum atomic E-state index is -0.660. The molecule has 0 radical (unpaired) electrons. The van der Waals surface area contributed by atoms with E-state index in [-0.39, 0.29) is 11.6 Å². The van der Waals surface area contributed by atoms with E-state index in [1.165, 1.54) is 0 Å². The summed E-state index contributed by atoms with van der Waals surface area (Å²) in [4.78, 5) is 25.5. The molecule has 7 heteroatoms. The van der Waals surface area contributed by atoms with Gasteiger partial charge in [0.05, 0.1) is 5.69 Å². The lowest BCUT2D eigenvalue weighted by molar-refractivity contribution is -0.121. The molecule has 5 nitrogen and oxygen atoms in total. The summed E-state index contributed by atoms with van der Waals surface area (Å²) < 4.78 is 26.8. The predicted molar refractivity (Wildman–Crippen MR) is 96.8 cm³/mol. The molecule has 1 aliphatic heterocycles. The van der Waals surface area contributed by atoms with Crippen molar-refractivity contribution in [2.24, 2.45) is 11.8 Å². The third-order valence-electron chi connectivity index (χ3n) is 4.54. The van der Waals surface area contributed by atoms with Gasteiger partial charge in [0, 0.05) is 32.1 Å². The number of nitrogens with zero attached hydrogens (tertiary/aromatic N) is 1. The molecular weight excluding hydrogens is 340 g/mol. The fourth-order valence-electron chi connectivity index (χ4n) is 3.07. The van der Waals surface area contributed by atoms with Crippen molar-refractivity contribution >= 4 is 17.6 Å². The van der Waals surface area contributed by atoms with Crippen LogP contribution >= 0.6 is 0 Å². The van der Waals surface area contributed by atoms with Crippen LogP contribution in [0.3, 0.4) is 0 Å². The van der Waals surface area contributed by atoms with Gasteiger partial charge in [-0.05, 0) is 43.2 Å². The van der Waals surface area contributed by atoms with Gasteiger partial charge in [-0.3, -0.25) is 4.79 Å². The fourth-order valence-corrected chi connectivity index (χ4v) is 3.07. The van der Waals surface area contributed by atoms with Crippen molar-refractivity contribution in [2.45, 2.75) is 39.5 Å². The van der Waals surface area contributed by atoms with Gasteiger partial charge in [0.25, 0.3) is 0 Å². The molecule has 0 saturated carbocycles. The average Bonchev–Trinajstić information content (AvgIpc) is 2.58. The van der Waals surface area contributed by atoms with E-state index in [1.807, 2.05) is 13.8 Å². The standard InChI is InChI=1S/C19H27F2N3O2/c1-13(2)11-18(25)22-8-5-14-6-9-24(10-7-14)19(26)23-17-12-15(20)3-4-16(17)21/h3-4,12-14H,5-11H2,1-2H3,(H,22,25)(H,23,26). The molecular formula is C19H27F2N3O2. The lowest BCUT2D eigenvalue weighted by Gasteiger charge is -2.32. The Hall–Kier alpha value is -2.18. The number of anilines is 1. The van der Waals surface area contributed by atoms with Gasteiger partial charge < -0.3 is 15.5 Å². The second-order valence-corrected chi connectivity index (χ2v) is 7.22. The zero-order valence-electron chi connectivity index (χ0n) is 15.4. The third kappa shape index (κ3) is 6.28. The summed E-state index contributed by atoms with van der Waals surface area (Å²) in [6.45, 7) is 5.80. The number of halogens is 2. The first-order valence-corrected chi connectivity index (χ1v) is 9.13. The molecule has 1 aromatic carbocycles. The third-order valence-corrected chi connectivity index (χ3v) is 4.54. The second kappa shape index (κ2) is 9.50. The Bertz CT molecular complexity index is 629. The minimum absolute atomic E-state index is 0.0777. The molecule has 1 aliphatic rings. The van der Waals surface area contributed by atoms with Crippen LogP contribution in [0.1, 0.15) is 39.5 Å². The van der Waals surface area contributed by atoms with Crippen molar-refractivity contribution in [3.05, 3.63) is 29.8 Å². The summed E-state index contributed by atoms with van der Waals surface area (Å²) in [5, 5.41) is 5.36. The van der Waals surface area contributed by atoms with E-state index >= 15 is 0 Å². The SMILES string of the molecule is CC(C)CC(=O)NCCC1CCN(C(=O)Nc2cc(F)ccc2F)CC1. The molecule has 0 aliphatic carbocycles. The van der Waals surface area contributed by atoms with Crippen LogP contribution in [0, 0.1) is 23.5 Å². The van der Waals surface area contributed by atoms with Crippen molar-refractivity contribution in [3.63, 3.8) is 0 Å². The number of urea groups is 1. The number of likely N-dealkylation sites (tertiary alicyclic amines) is 1. The van der Waals surface area contributed by atoms with Gasteiger partial charge in [-0.2, -0.15) is 0 Å². The number of carbonyl (C=O) groups is 2. The van der Waals surface area contributed by atoms with E-state index < -0.39 is 17.7 Å². The highest BCUT2D eigenvalue weighted by molar-refractivity contribution is 5.89. The maximum absolute atomic E-state index is 13.6. The number of nitrogens with one attached hydrogen (secondary N) is 2. The van der Waals surface area contributed by atoms with Crippen molar-refractivity contribution in [2.75, 3.05) is 25.0 Å². The molecule has 1 fully saturated rings. The first-order chi connectivity index (χ1) is 12.3. The first-order valence-electron chi connectivity index (χ1n) is 9.13. The van der Waals surface area contributed by atoms with Crippen LogP contribution in [0.2, 0.25) is 0 Å². The monoisotopic (exact) mass is 367 g/mol. The first kappa shape index (κ1) is 20.1. The summed E-state index contributed by atoms with van der Waals surface area (Å²) >= 11 is 0. The molecule has 1 heterocycles. The van der Waals surface area contributed by atoms with Crippen molar-refractivity contribution in [1.82, 2.24) is 10.2 Å². The second-order valence-electron chi connectivity index (χ2n) is 7.22. The summed E-state index contributed by atoms with van der Waals surface area (Å²) in [6, 6.07) is 2.55. The van der Waals surface area contributed by atoms with Crippen LogP contribution in [-0.4, -0.2) is 36.5 Å². The Labute approximate surface area is 153 Å². The summed E-state index contributed by atoms with van der Waals surface area (Å²) in [6.07, 6.45) is 3.09. The molecule has 0 atom stereocenters. The molecule has 0 aromatic heterocycles. The molecule has 0 spiro atoms. The zero-order valence-corrected chi connectivity index (χ0v) is 15.4. The normalized spacial score (nSPS) is 15.2. The smallest absolute Gasteiger partial charge is 0.321 e. The van der Waals surface area contributed by atoms with E-state index in [0.29, 0.717) is 37.9 Å². The number of carbonyl (C=O) groups excluding carboxylic acids is 2. The Morgan fingerprint density at radius 2 is 1.92 bits per heavy atom. The van der Waals surface area contributed by atoms with Gasteiger partial charge in [0.15, 0.2) is 0 Å². The highest BCUT2D eigenvalue weighted by atomic mass is 19.1. The number of amides is 3. The molecule has 2 N–H and O–H groups in total. The maximum atomic E-state index is 13.6. The Morgan fingerprint density at radius 3 is 2.58 bits per heavy atom. The van der Waals surface area contributed by atoms with Crippen LogP contribution in [0.5, 0.6) is 0 Å². The van der Waals surface area contributed by atoms with Crippen LogP contribution in [-0.2, 0) is 4.79 Å². The topological polar surface area (TPSA) is 61.4 Å². The van der Waals surface area contributed by atoms with E-state index in [0.717, 1.165) is 37.5 Å². The molecule has 0 bridgehead atoms. The van der Waals surface area contributed by atoms with E-state index in [1.54, 1.807) is 4.90 Å². The summed E-state index contributed by atoms with van der Waals surface area (Å²) in [5.41, 5.74) is -0.148. The average molecular weight is 367 g/mol.